The monoisotopic (exact) mass is 380 g/mol. The molecular weight excluding hydrogens is 360 g/mol. The number of pyridine rings is 1. The molecule has 0 amide bonds. The van der Waals surface area contributed by atoms with Crippen LogP contribution in [0.3, 0.4) is 0 Å². The predicted octanol–water partition coefficient (Wildman–Crippen LogP) is 4.90. The van der Waals surface area contributed by atoms with E-state index in [9.17, 15) is 0 Å². The molecule has 0 aliphatic rings. The Morgan fingerprint density at radius 2 is 1.76 bits per heavy atom. The molecule has 0 unspecified atom stereocenters. The summed E-state index contributed by atoms with van der Waals surface area (Å²) >= 11 is 0. The fraction of sp³-hybridized carbons (Fsp3) is 0.0870. The van der Waals surface area contributed by atoms with Crippen LogP contribution in [0.25, 0.3) is 21.8 Å². The molecule has 0 atom stereocenters. The van der Waals surface area contributed by atoms with Gasteiger partial charge in [-0.15, -0.1) is 0 Å². The first kappa shape index (κ1) is 17.2. The Hall–Kier alpha value is -3.93. The van der Waals surface area contributed by atoms with E-state index in [1.807, 2.05) is 42.5 Å². The molecule has 0 fully saturated rings. The van der Waals surface area contributed by atoms with Gasteiger partial charge in [0.05, 0.1) is 11.2 Å². The number of nitrogens with one attached hydrogen (secondary N) is 3. The Labute approximate surface area is 168 Å². The summed E-state index contributed by atoms with van der Waals surface area (Å²) in [6.07, 6.45) is 6.34. The number of hydrogen-bond acceptors (Lipinski definition) is 5. The van der Waals surface area contributed by atoms with Crippen molar-refractivity contribution in [2.75, 3.05) is 17.2 Å². The molecule has 0 saturated heterocycles. The maximum Gasteiger partial charge on any atom is 0.135 e. The van der Waals surface area contributed by atoms with Crippen LogP contribution in [0.1, 0.15) is 5.56 Å². The van der Waals surface area contributed by atoms with Gasteiger partial charge >= 0.3 is 0 Å². The Kier molecular flexibility index (Phi) is 4.50. The fourth-order valence-electron chi connectivity index (χ4n) is 3.53. The van der Waals surface area contributed by atoms with Crippen LogP contribution in [-0.4, -0.2) is 26.5 Å². The molecule has 6 nitrogen and oxygen atoms in total. The quantitative estimate of drug-likeness (QED) is 0.390. The van der Waals surface area contributed by atoms with Crippen molar-refractivity contribution in [3.05, 3.63) is 84.9 Å². The number of nitrogens with zero attached hydrogens (tertiary/aromatic N) is 3. The molecular formula is C23H20N6. The molecule has 0 saturated carbocycles. The van der Waals surface area contributed by atoms with Gasteiger partial charge in [-0.2, -0.15) is 0 Å². The largest absolute Gasteiger partial charge is 0.370 e. The zero-order chi connectivity index (χ0) is 19.5. The van der Waals surface area contributed by atoms with Gasteiger partial charge < -0.3 is 15.6 Å². The number of benzene rings is 2. The molecule has 5 aromatic rings. The number of aromatic nitrogens is 4. The third-order valence-corrected chi connectivity index (χ3v) is 4.94. The van der Waals surface area contributed by atoms with Crippen LogP contribution in [0, 0.1) is 0 Å². The molecule has 3 N–H and O–H groups in total. The van der Waals surface area contributed by atoms with Crippen molar-refractivity contribution in [2.45, 2.75) is 6.42 Å². The average molecular weight is 380 g/mol. The van der Waals surface area contributed by atoms with Crippen LogP contribution in [-0.2, 0) is 6.42 Å². The number of rotatable bonds is 6. The zero-order valence-electron chi connectivity index (χ0n) is 15.8. The highest BCUT2D eigenvalue weighted by molar-refractivity contribution is 5.91. The van der Waals surface area contributed by atoms with Crippen molar-refractivity contribution in [3.8, 4) is 0 Å². The van der Waals surface area contributed by atoms with Gasteiger partial charge in [0.1, 0.15) is 18.0 Å². The van der Waals surface area contributed by atoms with Gasteiger partial charge in [0.2, 0.25) is 0 Å². The van der Waals surface area contributed by atoms with E-state index in [2.05, 4.69) is 55.0 Å². The fourth-order valence-corrected chi connectivity index (χ4v) is 3.53. The van der Waals surface area contributed by atoms with Crippen LogP contribution in [0.2, 0.25) is 0 Å². The second-order valence-electron chi connectivity index (χ2n) is 6.83. The lowest BCUT2D eigenvalue weighted by Gasteiger charge is -2.10. The van der Waals surface area contributed by atoms with Crippen molar-refractivity contribution in [2.24, 2.45) is 0 Å². The van der Waals surface area contributed by atoms with E-state index < -0.39 is 0 Å². The van der Waals surface area contributed by atoms with Crippen LogP contribution in [0.5, 0.6) is 0 Å². The smallest absolute Gasteiger partial charge is 0.135 e. The molecule has 6 heteroatoms. The lowest BCUT2D eigenvalue weighted by Crippen LogP contribution is -2.07. The summed E-state index contributed by atoms with van der Waals surface area (Å²) in [5, 5.41) is 9.10. The molecule has 5 rings (SSSR count). The van der Waals surface area contributed by atoms with E-state index in [1.165, 1.54) is 16.5 Å². The van der Waals surface area contributed by atoms with Crippen LogP contribution in [0.15, 0.2) is 79.4 Å². The summed E-state index contributed by atoms with van der Waals surface area (Å²) in [6, 6.07) is 20.3. The Morgan fingerprint density at radius 3 is 2.76 bits per heavy atom. The van der Waals surface area contributed by atoms with Gasteiger partial charge in [-0.05, 0) is 30.2 Å². The Morgan fingerprint density at radius 1 is 0.862 bits per heavy atom. The SMILES string of the molecule is c1cnc2c(Nc3cc(NCCc4c[nH]c5ccccc45)ncn3)cccc2c1. The predicted molar refractivity (Wildman–Crippen MR) is 118 cm³/mol. The maximum atomic E-state index is 4.48. The second-order valence-corrected chi connectivity index (χ2v) is 6.83. The number of anilines is 3. The first-order valence-corrected chi connectivity index (χ1v) is 9.58. The van der Waals surface area contributed by atoms with E-state index in [4.69, 9.17) is 0 Å². The minimum atomic E-state index is 0.729. The normalized spacial score (nSPS) is 11.0. The number of aromatic amines is 1. The first-order chi connectivity index (χ1) is 14.4. The van der Waals surface area contributed by atoms with E-state index in [1.54, 1.807) is 12.5 Å². The zero-order valence-corrected chi connectivity index (χ0v) is 15.8. The van der Waals surface area contributed by atoms with Gasteiger partial charge in [-0.25, -0.2) is 9.97 Å². The Balaban J connectivity index is 1.28. The van der Waals surface area contributed by atoms with Crippen LogP contribution < -0.4 is 10.6 Å². The Bertz CT molecular complexity index is 1270. The lowest BCUT2D eigenvalue weighted by atomic mass is 10.1. The molecule has 0 bridgehead atoms. The van der Waals surface area contributed by atoms with Crippen molar-refractivity contribution < 1.29 is 0 Å². The molecule has 0 radical (unpaired) electrons. The molecule has 0 aliphatic heterocycles. The van der Waals surface area contributed by atoms with E-state index in [-0.39, 0.29) is 0 Å². The summed E-state index contributed by atoms with van der Waals surface area (Å²) < 4.78 is 0. The maximum absolute atomic E-state index is 4.48. The highest BCUT2D eigenvalue weighted by atomic mass is 15.1. The number of para-hydroxylation sites is 2. The molecule has 2 aromatic carbocycles. The highest BCUT2D eigenvalue weighted by Crippen LogP contribution is 2.24. The number of hydrogen-bond donors (Lipinski definition) is 3. The standard InChI is InChI=1S/C23H20N6/c1-2-8-19-18(7-1)17(14-26-19)10-12-24-21-13-22(28-15-27-21)29-20-9-3-5-16-6-4-11-25-23(16)20/h1-9,11,13-15,26H,10,12H2,(H2,24,27,28,29). The van der Waals surface area contributed by atoms with Crippen molar-refractivity contribution in [1.29, 1.82) is 0 Å². The van der Waals surface area contributed by atoms with E-state index in [0.29, 0.717) is 0 Å². The van der Waals surface area contributed by atoms with Gasteiger partial charge in [0.15, 0.2) is 0 Å². The first-order valence-electron chi connectivity index (χ1n) is 9.58. The minimum Gasteiger partial charge on any atom is -0.370 e. The summed E-state index contributed by atoms with van der Waals surface area (Å²) in [4.78, 5) is 16.5. The molecule has 0 spiro atoms. The van der Waals surface area contributed by atoms with Gasteiger partial charge in [0.25, 0.3) is 0 Å². The van der Waals surface area contributed by atoms with Crippen LogP contribution >= 0.6 is 0 Å². The molecule has 29 heavy (non-hydrogen) atoms. The summed E-state index contributed by atoms with van der Waals surface area (Å²) in [5.41, 5.74) is 4.30. The van der Waals surface area contributed by atoms with Crippen molar-refractivity contribution >= 4 is 39.1 Å². The van der Waals surface area contributed by atoms with Crippen molar-refractivity contribution in [3.63, 3.8) is 0 Å². The molecule has 3 aromatic heterocycles. The second kappa shape index (κ2) is 7.59. The van der Waals surface area contributed by atoms with E-state index >= 15 is 0 Å². The highest BCUT2D eigenvalue weighted by Gasteiger charge is 2.06. The molecule has 142 valence electrons. The van der Waals surface area contributed by atoms with Crippen LogP contribution in [0.4, 0.5) is 17.3 Å². The molecule has 3 heterocycles. The number of H-pyrrole nitrogens is 1. The lowest BCUT2D eigenvalue weighted by molar-refractivity contribution is 1.01. The number of fused-ring (bicyclic) bond motifs is 2. The van der Waals surface area contributed by atoms with E-state index in [0.717, 1.165) is 41.2 Å². The van der Waals surface area contributed by atoms with Gasteiger partial charge in [-0.3, -0.25) is 4.98 Å². The topological polar surface area (TPSA) is 78.5 Å². The third kappa shape index (κ3) is 3.60. The summed E-state index contributed by atoms with van der Waals surface area (Å²) in [5.74, 6) is 1.52. The third-order valence-electron chi connectivity index (χ3n) is 4.94. The minimum absolute atomic E-state index is 0.729. The van der Waals surface area contributed by atoms with Crippen molar-refractivity contribution in [1.82, 2.24) is 19.9 Å². The average Bonchev–Trinajstić information content (AvgIpc) is 3.18. The summed E-state index contributed by atoms with van der Waals surface area (Å²) in [6.45, 7) is 0.786. The molecule has 0 aliphatic carbocycles. The van der Waals surface area contributed by atoms with Gasteiger partial charge in [-0.1, -0.05) is 36.4 Å². The van der Waals surface area contributed by atoms with Gasteiger partial charge in [0, 0.05) is 41.3 Å². The summed E-state index contributed by atoms with van der Waals surface area (Å²) in [7, 11) is 0.